The Labute approximate surface area is 129 Å². The average Bonchev–Trinajstić information content (AvgIpc) is 2.89. The summed E-state index contributed by atoms with van der Waals surface area (Å²) in [6, 6.07) is -0.0830. The number of nitrogens with zero attached hydrogens (tertiary/aromatic N) is 5. The van der Waals surface area contributed by atoms with Crippen molar-refractivity contribution in [1.82, 2.24) is 24.5 Å². The van der Waals surface area contributed by atoms with Crippen molar-refractivity contribution in [1.29, 1.82) is 0 Å². The lowest BCUT2D eigenvalue weighted by Crippen LogP contribution is -2.48. The van der Waals surface area contributed by atoms with Gasteiger partial charge in [0.25, 0.3) is 0 Å². The van der Waals surface area contributed by atoms with E-state index in [2.05, 4.69) is 24.7 Å². The van der Waals surface area contributed by atoms with Crippen LogP contribution in [0.15, 0.2) is 12.5 Å². The molecule has 0 aliphatic carbocycles. The number of sulfonamides is 1. The minimum absolute atomic E-state index is 0.0830. The Morgan fingerprint density at radius 2 is 2.23 bits per heavy atom. The van der Waals surface area contributed by atoms with E-state index in [9.17, 15) is 8.42 Å². The molecule has 9 heteroatoms. The summed E-state index contributed by atoms with van der Waals surface area (Å²) in [4.78, 5) is 10.7. The van der Waals surface area contributed by atoms with Crippen molar-refractivity contribution in [3.05, 3.63) is 12.5 Å². The van der Waals surface area contributed by atoms with Gasteiger partial charge in [0.05, 0.1) is 17.3 Å². The van der Waals surface area contributed by atoms with Crippen LogP contribution in [0, 0.1) is 0 Å². The van der Waals surface area contributed by atoms with E-state index in [0.717, 1.165) is 36.2 Å². The van der Waals surface area contributed by atoms with Gasteiger partial charge in [-0.1, -0.05) is 0 Å². The molecule has 1 N–H and O–H groups in total. The smallest absolute Gasteiger partial charge is 0.211 e. The predicted octanol–water partition coefficient (Wildman–Crippen LogP) is 0.271. The molecule has 0 spiro atoms. The summed E-state index contributed by atoms with van der Waals surface area (Å²) in [5.74, 6) is 0.919. The van der Waals surface area contributed by atoms with E-state index >= 15 is 0 Å². The van der Waals surface area contributed by atoms with Crippen molar-refractivity contribution in [2.75, 3.05) is 23.7 Å². The molecule has 3 rings (SSSR count). The number of fused-ring (bicyclic) bond motifs is 1. The predicted molar refractivity (Wildman–Crippen MR) is 84.1 cm³/mol. The molecule has 0 aromatic carbocycles. The monoisotopic (exact) mass is 324 g/mol. The lowest BCUT2D eigenvalue weighted by molar-refractivity contribution is 0.465. The molecule has 1 saturated heterocycles. The second kappa shape index (κ2) is 5.81. The van der Waals surface area contributed by atoms with Crippen LogP contribution in [0.4, 0.5) is 5.82 Å². The number of hydrogen-bond acceptors (Lipinski definition) is 6. The van der Waals surface area contributed by atoms with Crippen molar-refractivity contribution < 1.29 is 8.42 Å². The first kappa shape index (κ1) is 15.2. The SMILES string of the molecule is CCS(=O)(=O)N[C@H]1CCCN(c2ncnc3c2cnn3C)C1. The maximum absolute atomic E-state index is 11.8. The molecule has 2 aromatic heterocycles. The highest BCUT2D eigenvalue weighted by molar-refractivity contribution is 7.89. The molecule has 0 amide bonds. The second-order valence-corrected chi connectivity index (χ2v) is 7.55. The molecule has 1 fully saturated rings. The topological polar surface area (TPSA) is 93.0 Å². The molecule has 1 aliphatic rings. The van der Waals surface area contributed by atoms with Crippen LogP contribution in [-0.2, 0) is 17.1 Å². The van der Waals surface area contributed by atoms with Gasteiger partial charge in [-0.2, -0.15) is 5.10 Å². The van der Waals surface area contributed by atoms with Crippen molar-refractivity contribution in [3.8, 4) is 0 Å². The minimum Gasteiger partial charge on any atom is -0.354 e. The van der Waals surface area contributed by atoms with Gasteiger partial charge in [-0.05, 0) is 19.8 Å². The van der Waals surface area contributed by atoms with Crippen molar-refractivity contribution >= 4 is 26.9 Å². The first-order valence-corrected chi connectivity index (χ1v) is 9.03. The standard InChI is InChI=1S/C13H20N6O2S/c1-3-22(20,21)17-10-5-4-6-19(8-10)13-11-7-16-18(2)12(11)14-9-15-13/h7,9-10,17H,3-6,8H2,1-2H3/t10-/m0/s1. The third-order valence-corrected chi connectivity index (χ3v) is 5.41. The second-order valence-electron chi connectivity index (χ2n) is 5.51. The Morgan fingerprint density at radius 3 is 3.00 bits per heavy atom. The maximum Gasteiger partial charge on any atom is 0.211 e. The highest BCUT2D eigenvalue weighted by atomic mass is 32.2. The van der Waals surface area contributed by atoms with Gasteiger partial charge in [0.1, 0.15) is 12.1 Å². The van der Waals surface area contributed by atoms with E-state index in [1.54, 1.807) is 17.8 Å². The Balaban J connectivity index is 1.85. The molecule has 2 aromatic rings. The third kappa shape index (κ3) is 2.91. The minimum atomic E-state index is -3.19. The van der Waals surface area contributed by atoms with Crippen LogP contribution in [0.3, 0.4) is 0 Å². The lowest BCUT2D eigenvalue weighted by Gasteiger charge is -2.33. The van der Waals surface area contributed by atoms with Crippen LogP contribution in [0.5, 0.6) is 0 Å². The fourth-order valence-electron chi connectivity index (χ4n) is 2.80. The summed E-state index contributed by atoms with van der Waals surface area (Å²) < 4.78 is 28.0. The number of piperidine rings is 1. The summed E-state index contributed by atoms with van der Waals surface area (Å²) in [7, 11) is -1.35. The average molecular weight is 324 g/mol. The molecule has 0 bridgehead atoms. The molecule has 3 heterocycles. The molecule has 1 atom stereocenters. The van der Waals surface area contributed by atoms with Gasteiger partial charge in [-0.25, -0.2) is 23.1 Å². The summed E-state index contributed by atoms with van der Waals surface area (Å²) in [6.45, 7) is 3.11. The summed E-state index contributed by atoms with van der Waals surface area (Å²) in [6.07, 6.45) is 5.04. The van der Waals surface area contributed by atoms with E-state index in [1.165, 1.54) is 6.33 Å². The fraction of sp³-hybridized carbons (Fsp3) is 0.615. The molecule has 22 heavy (non-hydrogen) atoms. The number of rotatable bonds is 4. The normalized spacial score (nSPS) is 19.7. The van der Waals surface area contributed by atoms with Gasteiger partial charge in [0.15, 0.2) is 5.65 Å². The zero-order valence-corrected chi connectivity index (χ0v) is 13.5. The zero-order valence-electron chi connectivity index (χ0n) is 12.7. The Kier molecular flexibility index (Phi) is 4.00. The quantitative estimate of drug-likeness (QED) is 0.868. The molecule has 0 unspecified atom stereocenters. The molecular formula is C13H20N6O2S. The molecule has 1 aliphatic heterocycles. The van der Waals surface area contributed by atoms with Crippen LogP contribution in [0.25, 0.3) is 11.0 Å². The van der Waals surface area contributed by atoms with Gasteiger partial charge in [0.2, 0.25) is 10.0 Å². The third-order valence-electron chi connectivity index (χ3n) is 3.96. The van der Waals surface area contributed by atoms with Crippen molar-refractivity contribution in [2.24, 2.45) is 7.05 Å². The fourth-order valence-corrected chi connectivity index (χ4v) is 3.67. The van der Waals surface area contributed by atoms with Crippen LogP contribution >= 0.6 is 0 Å². The summed E-state index contributed by atoms with van der Waals surface area (Å²) >= 11 is 0. The van der Waals surface area contributed by atoms with E-state index in [4.69, 9.17) is 0 Å². The van der Waals surface area contributed by atoms with Gasteiger partial charge in [-0.15, -0.1) is 0 Å². The molecule has 8 nitrogen and oxygen atoms in total. The first-order valence-electron chi connectivity index (χ1n) is 7.38. The molecule has 120 valence electrons. The summed E-state index contributed by atoms with van der Waals surface area (Å²) in [5.41, 5.74) is 0.779. The van der Waals surface area contributed by atoms with E-state index in [-0.39, 0.29) is 11.8 Å². The van der Waals surface area contributed by atoms with Crippen LogP contribution in [0.1, 0.15) is 19.8 Å². The molecule has 0 saturated carbocycles. The largest absolute Gasteiger partial charge is 0.354 e. The van der Waals surface area contributed by atoms with Gasteiger partial charge in [-0.3, -0.25) is 4.68 Å². The zero-order chi connectivity index (χ0) is 15.7. The Bertz CT molecular complexity index is 772. The Hall–Kier alpha value is -1.74. The van der Waals surface area contributed by atoms with Gasteiger partial charge in [0, 0.05) is 26.2 Å². The Morgan fingerprint density at radius 1 is 1.41 bits per heavy atom. The highest BCUT2D eigenvalue weighted by Crippen LogP contribution is 2.25. The van der Waals surface area contributed by atoms with Gasteiger partial charge < -0.3 is 4.90 Å². The van der Waals surface area contributed by atoms with Crippen LogP contribution < -0.4 is 9.62 Å². The lowest BCUT2D eigenvalue weighted by atomic mass is 10.1. The van der Waals surface area contributed by atoms with Crippen LogP contribution in [-0.4, -0.2) is 53.1 Å². The van der Waals surface area contributed by atoms with Crippen molar-refractivity contribution in [2.45, 2.75) is 25.8 Å². The first-order chi connectivity index (χ1) is 10.5. The molecule has 0 radical (unpaired) electrons. The number of nitrogens with one attached hydrogen (secondary N) is 1. The van der Waals surface area contributed by atoms with Crippen LogP contribution in [0.2, 0.25) is 0 Å². The number of anilines is 1. The van der Waals surface area contributed by atoms with E-state index in [0.29, 0.717) is 6.54 Å². The highest BCUT2D eigenvalue weighted by Gasteiger charge is 2.25. The maximum atomic E-state index is 11.8. The van der Waals surface area contributed by atoms with Crippen molar-refractivity contribution in [3.63, 3.8) is 0 Å². The summed E-state index contributed by atoms with van der Waals surface area (Å²) in [5, 5.41) is 5.11. The van der Waals surface area contributed by atoms with Gasteiger partial charge >= 0.3 is 0 Å². The number of hydrogen-bond donors (Lipinski definition) is 1. The number of aromatic nitrogens is 4. The molecular weight excluding hydrogens is 304 g/mol. The number of aryl methyl sites for hydroxylation is 1. The van der Waals surface area contributed by atoms with E-state index < -0.39 is 10.0 Å². The van der Waals surface area contributed by atoms with E-state index in [1.807, 2.05) is 7.05 Å².